The molecule has 2 aromatic carbocycles. The molecule has 0 spiro atoms. The summed E-state index contributed by atoms with van der Waals surface area (Å²) in [6, 6.07) is 10.3. The fraction of sp³-hybridized carbons (Fsp3) is 0.423. The zero-order chi connectivity index (χ0) is 24.5. The highest BCUT2D eigenvalue weighted by Gasteiger charge is 2.29. The number of hydrogen-bond acceptors (Lipinski definition) is 6. The summed E-state index contributed by atoms with van der Waals surface area (Å²) in [6.07, 6.45) is 2.47. The highest BCUT2D eigenvalue weighted by Crippen LogP contribution is 2.35. The first-order valence-electron chi connectivity index (χ1n) is 11.4. The number of fused-ring (bicyclic) bond motifs is 3. The molecule has 1 N–H and O–H groups in total. The molecule has 0 saturated heterocycles. The van der Waals surface area contributed by atoms with Gasteiger partial charge < -0.3 is 19.2 Å². The monoisotopic (exact) mass is 485 g/mol. The summed E-state index contributed by atoms with van der Waals surface area (Å²) in [6.45, 7) is 5.98. The third-order valence-electron chi connectivity index (χ3n) is 6.00. The number of esters is 1. The molecular formula is C26H28ClNO6. The van der Waals surface area contributed by atoms with E-state index in [0.717, 1.165) is 18.2 Å². The van der Waals surface area contributed by atoms with Crippen molar-refractivity contribution in [1.29, 1.82) is 0 Å². The van der Waals surface area contributed by atoms with E-state index in [1.54, 1.807) is 18.2 Å². The van der Waals surface area contributed by atoms with Crippen LogP contribution in [0.15, 0.2) is 45.6 Å². The van der Waals surface area contributed by atoms with Crippen molar-refractivity contribution in [3.05, 3.63) is 51.8 Å². The average Bonchev–Trinajstić information content (AvgIpc) is 2.78. The second-order valence-electron chi connectivity index (χ2n) is 9.74. The van der Waals surface area contributed by atoms with Gasteiger partial charge >= 0.3 is 17.7 Å². The molecule has 1 heterocycles. The normalized spacial score (nSPS) is 18.6. The van der Waals surface area contributed by atoms with Gasteiger partial charge in [-0.1, -0.05) is 29.8 Å². The molecule has 0 atom stereocenters. The topological polar surface area (TPSA) is 94.8 Å². The van der Waals surface area contributed by atoms with Crippen LogP contribution < -0.4 is 15.7 Å². The maximum atomic E-state index is 12.8. The molecule has 180 valence electrons. The lowest BCUT2D eigenvalue weighted by molar-refractivity contribution is -0.140. The first-order valence-corrected chi connectivity index (χ1v) is 11.8. The summed E-state index contributed by atoms with van der Waals surface area (Å²) < 4.78 is 16.3. The van der Waals surface area contributed by atoms with Crippen LogP contribution in [0.3, 0.4) is 0 Å². The van der Waals surface area contributed by atoms with Gasteiger partial charge in [0.25, 0.3) is 0 Å². The average molecular weight is 486 g/mol. The Hall–Kier alpha value is -3.06. The van der Waals surface area contributed by atoms with Gasteiger partial charge in [-0.2, -0.15) is 0 Å². The predicted molar refractivity (Wildman–Crippen MR) is 130 cm³/mol. The zero-order valence-electron chi connectivity index (χ0n) is 19.5. The lowest BCUT2D eigenvalue weighted by atomic mass is 9.82. The molecule has 0 radical (unpaired) electrons. The smallest absolute Gasteiger partial charge is 0.407 e. The van der Waals surface area contributed by atoms with Crippen molar-refractivity contribution < 1.29 is 23.5 Å². The van der Waals surface area contributed by atoms with Gasteiger partial charge in [0.2, 0.25) is 0 Å². The van der Waals surface area contributed by atoms with Crippen LogP contribution in [0, 0.1) is 11.8 Å². The molecule has 4 rings (SSSR count). The number of alkyl carbamates (subject to hydrolysis) is 1. The largest absolute Gasteiger partial charge is 0.444 e. The number of carbonyl (C=O) groups excluding carboxylic acids is 2. The van der Waals surface area contributed by atoms with Crippen LogP contribution >= 0.6 is 11.6 Å². The Morgan fingerprint density at radius 2 is 1.74 bits per heavy atom. The molecule has 1 aromatic heterocycles. The summed E-state index contributed by atoms with van der Waals surface area (Å²) in [5.41, 5.74) is -0.681. The van der Waals surface area contributed by atoms with Gasteiger partial charge in [0, 0.05) is 18.0 Å². The number of nitrogens with one attached hydrogen (secondary N) is 1. The highest BCUT2D eigenvalue weighted by atomic mass is 35.5. The van der Waals surface area contributed by atoms with E-state index in [9.17, 15) is 14.4 Å². The van der Waals surface area contributed by atoms with Crippen LogP contribution in [-0.2, 0) is 9.53 Å². The first kappa shape index (κ1) is 24.1. The van der Waals surface area contributed by atoms with E-state index in [2.05, 4.69) is 5.32 Å². The summed E-state index contributed by atoms with van der Waals surface area (Å²) >= 11 is 6.42. The summed E-state index contributed by atoms with van der Waals surface area (Å²) in [5.74, 6) is -0.161. The number of rotatable bonds is 4. The molecule has 7 nitrogen and oxygen atoms in total. The molecule has 0 unspecified atom stereocenters. The van der Waals surface area contributed by atoms with Crippen molar-refractivity contribution in [3.63, 3.8) is 0 Å². The Kier molecular flexibility index (Phi) is 6.84. The van der Waals surface area contributed by atoms with Gasteiger partial charge in [-0.15, -0.1) is 0 Å². The second-order valence-corrected chi connectivity index (χ2v) is 10.1. The van der Waals surface area contributed by atoms with Gasteiger partial charge in [0.15, 0.2) is 5.75 Å². The molecule has 1 aliphatic rings. The van der Waals surface area contributed by atoms with Crippen molar-refractivity contribution >= 4 is 45.4 Å². The molecule has 1 saturated carbocycles. The van der Waals surface area contributed by atoms with Crippen LogP contribution in [0.4, 0.5) is 4.79 Å². The van der Waals surface area contributed by atoms with Gasteiger partial charge in [0.1, 0.15) is 11.2 Å². The Morgan fingerprint density at radius 1 is 1.06 bits per heavy atom. The maximum absolute atomic E-state index is 12.8. The number of ether oxygens (including phenoxy) is 2. The van der Waals surface area contributed by atoms with Crippen molar-refractivity contribution in [1.82, 2.24) is 5.32 Å². The highest BCUT2D eigenvalue weighted by molar-refractivity contribution is 6.33. The number of hydrogen-bond donors (Lipinski definition) is 1. The van der Waals surface area contributed by atoms with Crippen LogP contribution in [-0.4, -0.2) is 24.2 Å². The van der Waals surface area contributed by atoms with Crippen LogP contribution in [0.2, 0.25) is 5.02 Å². The first-order chi connectivity index (χ1) is 16.1. The fourth-order valence-corrected chi connectivity index (χ4v) is 4.50. The molecule has 1 amide bonds. The molecule has 1 fully saturated rings. The number of benzene rings is 2. The third kappa shape index (κ3) is 5.53. The lowest BCUT2D eigenvalue weighted by Crippen LogP contribution is -2.36. The van der Waals surface area contributed by atoms with E-state index < -0.39 is 17.3 Å². The van der Waals surface area contributed by atoms with E-state index >= 15 is 0 Å². The molecule has 34 heavy (non-hydrogen) atoms. The Morgan fingerprint density at radius 3 is 2.41 bits per heavy atom. The number of carbonyl (C=O) groups is 2. The van der Waals surface area contributed by atoms with Gasteiger partial charge in [-0.3, -0.25) is 4.79 Å². The van der Waals surface area contributed by atoms with Gasteiger partial charge in [-0.05, 0) is 69.9 Å². The van der Waals surface area contributed by atoms with E-state index in [1.807, 2.05) is 32.9 Å². The minimum absolute atomic E-state index is 0.173. The quantitative estimate of drug-likeness (QED) is 0.216. The maximum Gasteiger partial charge on any atom is 0.407 e. The second kappa shape index (κ2) is 9.66. The van der Waals surface area contributed by atoms with Crippen molar-refractivity contribution in [2.24, 2.45) is 11.8 Å². The Labute approximate surface area is 202 Å². The number of amides is 1. The van der Waals surface area contributed by atoms with E-state index in [1.165, 1.54) is 6.07 Å². The third-order valence-corrected chi connectivity index (χ3v) is 6.29. The van der Waals surface area contributed by atoms with Crippen LogP contribution in [0.5, 0.6) is 5.75 Å². The van der Waals surface area contributed by atoms with Crippen molar-refractivity contribution in [2.45, 2.75) is 52.1 Å². The predicted octanol–water partition coefficient (Wildman–Crippen LogP) is 5.84. The molecule has 0 bridgehead atoms. The van der Waals surface area contributed by atoms with Crippen molar-refractivity contribution in [2.75, 3.05) is 6.54 Å². The summed E-state index contributed by atoms with van der Waals surface area (Å²) in [7, 11) is 0. The molecule has 1 aliphatic carbocycles. The SMILES string of the molecule is CC(C)(C)OC(=O)NCC1CCC(C(=O)Oc2cc3oc(=O)c4ccccc4c3cc2Cl)CC1. The molecule has 8 heteroatoms. The fourth-order valence-electron chi connectivity index (χ4n) is 4.29. The minimum Gasteiger partial charge on any atom is -0.444 e. The Balaban J connectivity index is 1.38. The van der Waals surface area contributed by atoms with E-state index in [0.29, 0.717) is 35.7 Å². The van der Waals surface area contributed by atoms with Crippen LogP contribution in [0.1, 0.15) is 46.5 Å². The molecular weight excluding hydrogens is 458 g/mol. The number of halogens is 1. The van der Waals surface area contributed by atoms with Gasteiger partial charge in [0.05, 0.1) is 16.3 Å². The van der Waals surface area contributed by atoms with Gasteiger partial charge in [-0.25, -0.2) is 9.59 Å². The lowest BCUT2D eigenvalue weighted by Gasteiger charge is -2.28. The van der Waals surface area contributed by atoms with Crippen molar-refractivity contribution in [3.8, 4) is 5.75 Å². The standard InChI is InChI=1S/C26H28ClNO6/c1-26(2,3)34-25(31)28-14-15-8-10-16(11-9-15)23(29)33-22-13-21-19(12-20(22)27)17-6-4-5-7-18(17)24(30)32-21/h4-7,12-13,15-16H,8-11,14H2,1-3H3,(H,28,31). The van der Waals surface area contributed by atoms with E-state index in [4.69, 9.17) is 25.5 Å². The van der Waals surface area contributed by atoms with E-state index in [-0.39, 0.29) is 28.6 Å². The molecule has 3 aromatic rings. The molecule has 0 aliphatic heterocycles. The summed E-state index contributed by atoms with van der Waals surface area (Å²) in [5, 5.41) is 4.95. The Bertz CT molecular complexity index is 1280. The summed E-state index contributed by atoms with van der Waals surface area (Å²) in [4.78, 5) is 37.0. The van der Waals surface area contributed by atoms with Crippen LogP contribution in [0.25, 0.3) is 21.7 Å². The zero-order valence-corrected chi connectivity index (χ0v) is 20.2. The minimum atomic E-state index is -0.537.